The molecule has 0 bridgehead atoms. The van der Waals surface area contributed by atoms with Crippen molar-refractivity contribution >= 4 is 15.3 Å². The highest BCUT2D eigenvalue weighted by Gasteiger charge is 2.24. The molecule has 0 saturated heterocycles. The van der Waals surface area contributed by atoms with Gasteiger partial charge in [-0.1, -0.05) is 25.9 Å². The Hall–Kier alpha value is -0.353. The molecule has 12 heavy (non-hydrogen) atoms. The molecule has 0 radical (unpaired) electrons. The van der Waals surface area contributed by atoms with Gasteiger partial charge < -0.3 is 9.63 Å². The topological polar surface area (TPSA) is 41.8 Å². The molecular weight excluding hydrogens is 170 g/mol. The average Bonchev–Trinajstić information content (AvgIpc) is 1.83. The minimum absolute atomic E-state index is 0.00347. The van der Waals surface area contributed by atoms with Crippen LogP contribution < -0.4 is 0 Å². The summed E-state index contributed by atoms with van der Waals surface area (Å²) in [7, 11) is -1.06. The molecule has 0 aliphatic rings. The van der Waals surface area contributed by atoms with E-state index >= 15 is 0 Å². The van der Waals surface area contributed by atoms with Crippen LogP contribution in [0.4, 0.5) is 0 Å². The van der Waals surface area contributed by atoms with E-state index < -0.39 is 9.04 Å². The molecule has 4 heteroatoms. The second-order valence-corrected chi connectivity index (χ2v) is 6.61. The number of rotatable bonds is 3. The zero-order chi connectivity index (χ0) is 9.78. The summed E-state index contributed by atoms with van der Waals surface area (Å²) in [5.41, 5.74) is 0.00347. The van der Waals surface area contributed by atoms with Crippen molar-refractivity contribution in [1.82, 2.24) is 0 Å². The van der Waals surface area contributed by atoms with E-state index in [1.54, 1.807) is 0 Å². The van der Waals surface area contributed by atoms with Crippen LogP contribution in [0.2, 0.25) is 13.1 Å². The van der Waals surface area contributed by atoms with Gasteiger partial charge in [-0.05, 0) is 18.5 Å². The monoisotopic (exact) mass is 189 g/mol. The molecule has 1 N–H and O–H groups in total. The molecule has 0 heterocycles. The first-order valence-electron chi connectivity index (χ1n) is 4.21. The van der Waals surface area contributed by atoms with Gasteiger partial charge in [0.25, 0.3) is 0 Å². The molecule has 0 saturated carbocycles. The van der Waals surface area contributed by atoms with Crippen LogP contribution in [-0.2, 0) is 4.43 Å². The number of hydrogen-bond donors (Lipinski definition) is 1. The van der Waals surface area contributed by atoms with Gasteiger partial charge in [0.05, 0.1) is 12.3 Å². The molecule has 0 aromatic carbocycles. The van der Waals surface area contributed by atoms with Gasteiger partial charge in [0.15, 0.2) is 9.04 Å². The highest BCUT2D eigenvalue weighted by molar-refractivity contribution is 6.48. The first-order chi connectivity index (χ1) is 5.38. The smallest absolute Gasteiger partial charge is 0.171 e. The van der Waals surface area contributed by atoms with Gasteiger partial charge in [0, 0.05) is 0 Å². The quantitative estimate of drug-likeness (QED) is 0.319. The van der Waals surface area contributed by atoms with E-state index in [9.17, 15) is 0 Å². The van der Waals surface area contributed by atoms with Crippen molar-refractivity contribution in [2.24, 2.45) is 10.6 Å². The molecule has 0 amide bonds. The molecule has 0 fully saturated rings. The van der Waals surface area contributed by atoms with E-state index in [0.29, 0.717) is 0 Å². The number of nitrogens with zero attached hydrogens (tertiary/aromatic N) is 1. The zero-order valence-electron chi connectivity index (χ0n) is 8.53. The fraction of sp³-hybridized carbons (Fsp3) is 0.875. The van der Waals surface area contributed by atoms with E-state index in [1.165, 1.54) is 6.21 Å². The largest absolute Gasteiger partial charge is 0.412 e. The van der Waals surface area contributed by atoms with E-state index in [2.05, 4.69) is 39.0 Å². The molecule has 0 aliphatic heterocycles. The average molecular weight is 189 g/mol. The Morgan fingerprint density at radius 2 is 1.92 bits per heavy atom. The summed E-state index contributed by atoms with van der Waals surface area (Å²) in [6.45, 7) is 10.4. The van der Waals surface area contributed by atoms with Crippen molar-refractivity contribution in [3.8, 4) is 0 Å². The predicted octanol–water partition coefficient (Wildman–Crippen LogP) is 1.86. The van der Waals surface area contributed by atoms with E-state index in [-0.39, 0.29) is 11.5 Å². The van der Waals surface area contributed by atoms with Crippen molar-refractivity contribution in [2.75, 3.05) is 0 Å². The first-order valence-corrected chi connectivity index (χ1v) is 6.99. The van der Waals surface area contributed by atoms with Gasteiger partial charge in [-0.15, -0.1) is 0 Å². The van der Waals surface area contributed by atoms with Crippen molar-refractivity contribution in [1.29, 1.82) is 0 Å². The third-order valence-electron chi connectivity index (χ3n) is 1.47. The molecule has 1 atom stereocenters. The Bertz CT molecular complexity index is 152. The lowest BCUT2D eigenvalue weighted by molar-refractivity contribution is 0.146. The number of hydrogen-bond acceptors (Lipinski definition) is 3. The minimum atomic E-state index is -1.06. The second-order valence-electron chi connectivity index (χ2n) is 4.24. The lowest BCUT2D eigenvalue weighted by Gasteiger charge is -2.28. The SMILES string of the molecule is C[SiH](C)OC(/C=N/O)C(C)(C)C. The fourth-order valence-corrected chi connectivity index (χ4v) is 1.88. The van der Waals surface area contributed by atoms with Crippen molar-refractivity contribution in [3.05, 3.63) is 0 Å². The fourth-order valence-electron chi connectivity index (χ4n) is 0.817. The second kappa shape index (κ2) is 4.62. The summed E-state index contributed by atoms with van der Waals surface area (Å²) < 4.78 is 5.68. The van der Waals surface area contributed by atoms with Crippen LogP contribution in [0, 0.1) is 5.41 Å². The lowest BCUT2D eigenvalue weighted by atomic mass is 9.90. The van der Waals surface area contributed by atoms with Crippen LogP contribution >= 0.6 is 0 Å². The molecular formula is C8H19NO2Si. The summed E-state index contributed by atoms with van der Waals surface area (Å²) in [5.74, 6) is 0. The summed E-state index contributed by atoms with van der Waals surface area (Å²) in [4.78, 5) is 0. The molecule has 0 rings (SSSR count). The molecule has 0 aromatic heterocycles. The Labute approximate surface area is 76.2 Å². The normalized spacial score (nSPS) is 15.8. The molecule has 0 aliphatic carbocycles. The zero-order valence-corrected chi connectivity index (χ0v) is 9.69. The van der Waals surface area contributed by atoms with Crippen molar-refractivity contribution in [3.63, 3.8) is 0 Å². The van der Waals surface area contributed by atoms with E-state index in [4.69, 9.17) is 9.63 Å². The summed E-state index contributed by atoms with van der Waals surface area (Å²) in [6, 6.07) is 0. The summed E-state index contributed by atoms with van der Waals surface area (Å²) in [6.07, 6.45) is 1.39. The van der Waals surface area contributed by atoms with Gasteiger partial charge in [-0.25, -0.2) is 0 Å². The molecule has 0 aromatic rings. The van der Waals surface area contributed by atoms with Gasteiger partial charge in [-0.2, -0.15) is 0 Å². The Balaban J connectivity index is 4.24. The first kappa shape index (κ1) is 11.6. The lowest BCUT2D eigenvalue weighted by Crippen LogP contribution is -2.34. The maximum Gasteiger partial charge on any atom is 0.171 e. The van der Waals surface area contributed by atoms with Crippen LogP contribution in [0.3, 0.4) is 0 Å². The minimum Gasteiger partial charge on any atom is -0.412 e. The molecule has 3 nitrogen and oxygen atoms in total. The van der Waals surface area contributed by atoms with Gasteiger partial charge >= 0.3 is 0 Å². The Morgan fingerprint density at radius 1 is 1.42 bits per heavy atom. The standard InChI is InChI=1S/C8H19NO2Si/c1-8(2,3)7(6-9-10)11-12(4)5/h6-7,10,12H,1-5H3/b9-6+. The van der Waals surface area contributed by atoms with Crippen LogP contribution in [0.25, 0.3) is 0 Å². The highest BCUT2D eigenvalue weighted by atomic mass is 28.3. The predicted molar refractivity (Wildman–Crippen MR) is 53.5 cm³/mol. The van der Waals surface area contributed by atoms with E-state index in [0.717, 1.165) is 0 Å². The molecule has 0 spiro atoms. The Morgan fingerprint density at radius 3 is 2.17 bits per heavy atom. The summed E-state index contributed by atoms with van der Waals surface area (Å²) in [5, 5.41) is 11.4. The summed E-state index contributed by atoms with van der Waals surface area (Å²) >= 11 is 0. The van der Waals surface area contributed by atoms with Gasteiger partial charge in [0.1, 0.15) is 0 Å². The van der Waals surface area contributed by atoms with Crippen LogP contribution in [0.5, 0.6) is 0 Å². The van der Waals surface area contributed by atoms with Crippen molar-refractivity contribution < 1.29 is 9.63 Å². The van der Waals surface area contributed by atoms with Crippen LogP contribution in [-0.4, -0.2) is 26.6 Å². The molecule has 72 valence electrons. The van der Waals surface area contributed by atoms with E-state index in [1.807, 2.05) is 0 Å². The maximum atomic E-state index is 8.42. The van der Waals surface area contributed by atoms with Crippen molar-refractivity contribution in [2.45, 2.75) is 40.0 Å². The van der Waals surface area contributed by atoms with Gasteiger partial charge in [0.2, 0.25) is 0 Å². The third kappa shape index (κ3) is 4.51. The molecule has 1 unspecified atom stereocenters. The number of oxime groups is 1. The van der Waals surface area contributed by atoms with Crippen LogP contribution in [0.15, 0.2) is 5.16 Å². The highest BCUT2D eigenvalue weighted by Crippen LogP contribution is 2.21. The third-order valence-corrected chi connectivity index (χ3v) is 2.31. The Kier molecular flexibility index (Phi) is 4.48. The maximum absolute atomic E-state index is 8.42. The van der Waals surface area contributed by atoms with Gasteiger partial charge in [-0.3, -0.25) is 0 Å². The van der Waals surface area contributed by atoms with Crippen LogP contribution in [0.1, 0.15) is 20.8 Å².